The first-order chi connectivity index (χ1) is 15.4. The number of fused-ring (bicyclic) bond motifs is 1. The molecule has 2 aromatic carbocycles. The maximum Gasteiger partial charge on any atom is 0.282 e. The summed E-state index contributed by atoms with van der Waals surface area (Å²) in [6, 6.07) is 10.7. The molecule has 1 amide bonds. The van der Waals surface area contributed by atoms with Crippen molar-refractivity contribution in [2.45, 2.75) is 6.92 Å². The molecule has 0 spiro atoms. The van der Waals surface area contributed by atoms with Gasteiger partial charge in [-0.05, 0) is 43.3 Å². The van der Waals surface area contributed by atoms with Crippen LogP contribution in [0.4, 0.5) is 0 Å². The highest BCUT2D eigenvalue weighted by atomic mass is 79.9. The minimum Gasteiger partial charge on any atom is -0.483 e. The summed E-state index contributed by atoms with van der Waals surface area (Å²) in [5.41, 5.74) is 0.954. The standard InChI is InChI=1S/C22H20Br2N4O4/c1-14-26-19-4-2-17(24)11-18(19)22(30)28(14)25-12-15-10-16(23)3-5-20(15)32-13-21(29)27-6-8-31-9-7-27/h2-5,10-12H,6-9,13H2,1H3. The van der Waals surface area contributed by atoms with Crippen LogP contribution in [0, 0.1) is 6.92 Å². The predicted molar refractivity (Wildman–Crippen MR) is 128 cm³/mol. The molecule has 1 aromatic heterocycles. The van der Waals surface area contributed by atoms with Crippen LogP contribution in [0.3, 0.4) is 0 Å². The van der Waals surface area contributed by atoms with Crippen molar-refractivity contribution in [3.8, 4) is 5.75 Å². The van der Waals surface area contributed by atoms with Crippen LogP contribution in [0.2, 0.25) is 0 Å². The summed E-state index contributed by atoms with van der Waals surface area (Å²) in [4.78, 5) is 31.6. The highest BCUT2D eigenvalue weighted by molar-refractivity contribution is 9.10. The van der Waals surface area contributed by atoms with E-state index in [1.807, 2.05) is 18.2 Å². The number of nitrogens with zero attached hydrogens (tertiary/aromatic N) is 4. The van der Waals surface area contributed by atoms with Gasteiger partial charge in [0.15, 0.2) is 6.61 Å². The van der Waals surface area contributed by atoms with Crippen LogP contribution in [0.5, 0.6) is 5.75 Å². The lowest BCUT2D eigenvalue weighted by Gasteiger charge is -2.26. The first-order valence-electron chi connectivity index (χ1n) is 9.93. The van der Waals surface area contributed by atoms with Crippen LogP contribution in [0.25, 0.3) is 10.9 Å². The lowest BCUT2D eigenvalue weighted by Crippen LogP contribution is -2.43. The highest BCUT2D eigenvalue weighted by Gasteiger charge is 2.18. The number of ether oxygens (including phenoxy) is 2. The summed E-state index contributed by atoms with van der Waals surface area (Å²) in [5.74, 6) is 0.845. The van der Waals surface area contributed by atoms with E-state index in [1.54, 1.807) is 30.0 Å². The van der Waals surface area contributed by atoms with Crippen molar-refractivity contribution in [1.29, 1.82) is 0 Å². The molecule has 0 bridgehead atoms. The molecule has 166 valence electrons. The largest absolute Gasteiger partial charge is 0.483 e. The number of aryl methyl sites for hydroxylation is 1. The molecule has 32 heavy (non-hydrogen) atoms. The van der Waals surface area contributed by atoms with E-state index < -0.39 is 0 Å². The predicted octanol–water partition coefficient (Wildman–Crippen LogP) is 3.35. The van der Waals surface area contributed by atoms with Crippen molar-refractivity contribution in [2.75, 3.05) is 32.9 Å². The van der Waals surface area contributed by atoms with Gasteiger partial charge in [0.1, 0.15) is 11.6 Å². The van der Waals surface area contributed by atoms with E-state index >= 15 is 0 Å². The van der Waals surface area contributed by atoms with Crippen molar-refractivity contribution in [3.05, 3.63) is 67.1 Å². The van der Waals surface area contributed by atoms with Crippen molar-refractivity contribution in [1.82, 2.24) is 14.6 Å². The Kier molecular flexibility index (Phi) is 7.02. The van der Waals surface area contributed by atoms with Crippen LogP contribution in [0.15, 0.2) is 55.2 Å². The second-order valence-corrected chi connectivity index (χ2v) is 8.98. The molecular formula is C22H20Br2N4O4. The molecule has 3 aromatic rings. The molecular weight excluding hydrogens is 544 g/mol. The number of hydrogen-bond acceptors (Lipinski definition) is 6. The second-order valence-electron chi connectivity index (χ2n) is 7.15. The number of hydrogen-bond donors (Lipinski definition) is 0. The molecule has 0 atom stereocenters. The fraction of sp³-hybridized carbons (Fsp3) is 0.273. The molecule has 0 unspecified atom stereocenters. The Morgan fingerprint density at radius 3 is 2.69 bits per heavy atom. The topological polar surface area (TPSA) is 86.0 Å². The number of benzene rings is 2. The Balaban J connectivity index is 1.60. The van der Waals surface area contributed by atoms with Crippen molar-refractivity contribution in [3.63, 3.8) is 0 Å². The van der Waals surface area contributed by atoms with E-state index in [4.69, 9.17) is 9.47 Å². The first kappa shape index (κ1) is 22.6. The van der Waals surface area contributed by atoms with Gasteiger partial charge in [0.25, 0.3) is 11.5 Å². The van der Waals surface area contributed by atoms with Crippen LogP contribution in [-0.4, -0.2) is 59.6 Å². The zero-order chi connectivity index (χ0) is 22.7. The van der Waals surface area contributed by atoms with Crippen molar-refractivity contribution in [2.24, 2.45) is 5.10 Å². The number of aromatic nitrogens is 2. The molecule has 2 heterocycles. The number of carbonyl (C=O) groups excluding carboxylic acids is 1. The monoisotopic (exact) mass is 562 g/mol. The lowest BCUT2D eigenvalue weighted by molar-refractivity contribution is -0.137. The molecule has 1 fully saturated rings. The van der Waals surface area contributed by atoms with E-state index in [9.17, 15) is 9.59 Å². The van der Waals surface area contributed by atoms with Gasteiger partial charge in [0.2, 0.25) is 0 Å². The third-order valence-corrected chi connectivity index (χ3v) is 5.96. The van der Waals surface area contributed by atoms with Crippen LogP contribution in [-0.2, 0) is 9.53 Å². The third-order valence-electron chi connectivity index (χ3n) is 4.97. The van der Waals surface area contributed by atoms with Gasteiger partial charge in [-0.2, -0.15) is 9.78 Å². The van der Waals surface area contributed by atoms with Crippen LogP contribution >= 0.6 is 31.9 Å². The first-order valence-corrected chi connectivity index (χ1v) is 11.5. The molecule has 10 heteroatoms. The average Bonchev–Trinajstić information content (AvgIpc) is 2.79. The zero-order valence-electron chi connectivity index (χ0n) is 17.3. The van der Waals surface area contributed by atoms with Gasteiger partial charge in [-0.15, -0.1) is 0 Å². The van der Waals surface area contributed by atoms with E-state index in [1.165, 1.54) is 10.9 Å². The molecule has 0 N–H and O–H groups in total. The van der Waals surface area contributed by atoms with Crippen LogP contribution < -0.4 is 10.3 Å². The third kappa shape index (κ3) is 5.08. The fourth-order valence-corrected chi connectivity index (χ4v) is 4.05. The highest BCUT2D eigenvalue weighted by Crippen LogP contribution is 2.22. The summed E-state index contributed by atoms with van der Waals surface area (Å²) in [6.07, 6.45) is 1.53. The Morgan fingerprint density at radius 2 is 1.91 bits per heavy atom. The smallest absolute Gasteiger partial charge is 0.282 e. The SMILES string of the molecule is Cc1nc2ccc(Br)cc2c(=O)n1N=Cc1cc(Br)ccc1OCC(=O)N1CCOCC1. The molecule has 0 radical (unpaired) electrons. The summed E-state index contributed by atoms with van der Waals surface area (Å²) in [6.45, 7) is 3.82. The Bertz CT molecular complexity index is 1250. The van der Waals surface area contributed by atoms with Crippen LogP contribution in [0.1, 0.15) is 11.4 Å². The van der Waals surface area contributed by atoms with E-state index in [0.717, 1.165) is 8.95 Å². The molecule has 4 rings (SSSR count). The normalized spacial score (nSPS) is 14.3. The maximum atomic E-state index is 13.0. The molecule has 8 nitrogen and oxygen atoms in total. The molecule has 0 saturated carbocycles. The van der Waals surface area contributed by atoms with E-state index in [2.05, 4.69) is 41.9 Å². The number of carbonyl (C=O) groups is 1. The van der Waals surface area contributed by atoms with Crippen molar-refractivity contribution >= 4 is 54.9 Å². The Morgan fingerprint density at radius 1 is 1.19 bits per heavy atom. The number of halogens is 2. The minimum atomic E-state index is -0.273. The van der Waals surface area contributed by atoms with Gasteiger partial charge >= 0.3 is 0 Å². The summed E-state index contributed by atoms with van der Waals surface area (Å²) in [7, 11) is 0. The minimum absolute atomic E-state index is 0.0903. The van der Waals surface area contributed by atoms with Gasteiger partial charge < -0.3 is 14.4 Å². The maximum absolute atomic E-state index is 13.0. The quantitative estimate of drug-likeness (QED) is 0.444. The zero-order valence-corrected chi connectivity index (χ0v) is 20.4. The fourth-order valence-electron chi connectivity index (χ4n) is 3.31. The molecule has 1 aliphatic heterocycles. The molecule has 1 saturated heterocycles. The van der Waals surface area contributed by atoms with Crippen molar-refractivity contribution < 1.29 is 14.3 Å². The number of rotatable bonds is 5. The van der Waals surface area contributed by atoms with Gasteiger partial charge in [0.05, 0.1) is 30.3 Å². The second kappa shape index (κ2) is 9.93. The average molecular weight is 564 g/mol. The van der Waals surface area contributed by atoms with Gasteiger partial charge in [-0.25, -0.2) is 4.98 Å². The van der Waals surface area contributed by atoms with Gasteiger partial charge in [-0.3, -0.25) is 9.59 Å². The Hall–Kier alpha value is -2.56. The van der Waals surface area contributed by atoms with E-state index in [-0.39, 0.29) is 18.1 Å². The number of morpholine rings is 1. The lowest BCUT2D eigenvalue weighted by atomic mass is 10.2. The van der Waals surface area contributed by atoms with Gasteiger partial charge in [-0.1, -0.05) is 31.9 Å². The molecule has 0 aliphatic carbocycles. The Labute approximate surface area is 201 Å². The van der Waals surface area contributed by atoms with Gasteiger partial charge in [0, 0.05) is 27.6 Å². The summed E-state index contributed by atoms with van der Waals surface area (Å²) in [5, 5.41) is 4.82. The molecule has 1 aliphatic rings. The summed E-state index contributed by atoms with van der Waals surface area (Å²) >= 11 is 6.83. The number of amides is 1. The van der Waals surface area contributed by atoms with E-state index in [0.29, 0.717) is 54.3 Å². The summed E-state index contributed by atoms with van der Waals surface area (Å²) < 4.78 is 13.9.